The van der Waals surface area contributed by atoms with Crippen molar-refractivity contribution < 1.29 is 46.8 Å². The van der Waals surface area contributed by atoms with E-state index in [1.54, 1.807) is 13.8 Å². The first-order chi connectivity index (χ1) is 18.1. The van der Waals surface area contributed by atoms with Gasteiger partial charge in [-0.3, -0.25) is 18.7 Å². The predicted molar refractivity (Wildman–Crippen MR) is 134 cm³/mol. The van der Waals surface area contributed by atoms with Crippen LogP contribution >= 0.6 is 7.67 Å². The highest BCUT2D eigenvalue weighted by atomic mass is 31.2. The van der Waals surface area contributed by atoms with Gasteiger partial charge in [0, 0.05) is 11.9 Å². The van der Waals surface area contributed by atoms with Crippen LogP contribution in [-0.2, 0) is 39.3 Å². The van der Waals surface area contributed by atoms with E-state index < -0.39 is 68.3 Å². The summed E-state index contributed by atoms with van der Waals surface area (Å²) in [6, 6.07) is -0.988. The van der Waals surface area contributed by atoms with Gasteiger partial charge in [0.25, 0.3) is 0 Å². The molecule has 1 aliphatic rings. The third-order valence-electron chi connectivity index (χ3n) is 5.57. The maximum absolute atomic E-state index is 15.0. The summed E-state index contributed by atoms with van der Waals surface area (Å²) in [7, 11) is -4.35. The van der Waals surface area contributed by atoms with Gasteiger partial charge in [-0.1, -0.05) is 13.8 Å². The van der Waals surface area contributed by atoms with Crippen LogP contribution in [0.4, 0.5) is 8.78 Å². The standard InChI is InChI=1S/C23H37F2N4O9P/c1-7-35-19(31)14(5)27-39(34,28-15(6)20(32)36-8-2)37-12-17-18(30)23(24,25)21(38-17)29-10-9-16(11-13(3)4)26-22(29)33/h9-10,13-15,17-18,21,30H,7-8,11-12H2,1-6H3,(H2,27,28,34)/t14-,15-,17+,18+,21+/m0/s1. The van der Waals surface area contributed by atoms with Crippen LogP contribution in [0.5, 0.6) is 0 Å². The van der Waals surface area contributed by atoms with E-state index >= 15 is 8.78 Å². The van der Waals surface area contributed by atoms with Gasteiger partial charge in [-0.05, 0) is 46.1 Å². The highest BCUT2D eigenvalue weighted by molar-refractivity contribution is 7.54. The van der Waals surface area contributed by atoms with E-state index in [1.807, 2.05) is 13.8 Å². The molecule has 2 heterocycles. The second-order valence-electron chi connectivity index (χ2n) is 9.41. The molecule has 5 atom stereocenters. The normalized spacial score (nSPS) is 22.5. The van der Waals surface area contributed by atoms with E-state index in [2.05, 4.69) is 15.2 Å². The lowest BCUT2D eigenvalue weighted by Gasteiger charge is -2.27. The van der Waals surface area contributed by atoms with Crippen molar-refractivity contribution in [1.82, 2.24) is 19.7 Å². The molecule has 0 radical (unpaired) electrons. The summed E-state index contributed by atoms with van der Waals surface area (Å²) in [6.45, 7) is 8.78. The Labute approximate surface area is 225 Å². The Bertz CT molecular complexity index is 1070. The molecule has 0 aliphatic carbocycles. The maximum Gasteiger partial charge on any atom is 0.350 e. The Morgan fingerprint density at radius 3 is 2.15 bits per heavy atom. The number of carbonyl (C=O) groups excluding carboxylic acids is 2. The number of alkyl halides is 2. The van der Waals surface area contributed by atoms with Gasteiger partial charge in [0.1, 0.15) is 18.2 Å². The number of nitrogens with zero attached hydrogens (tertiary/aromatic N) is 2. The Balaban J connectivity index is 2.24. The van der Waals surface area contributed by atoms with Crippen molar-refractivity contribution in [2.45, 2.75) is 84.4 Å². The summed E-state index contributed by atoms with van der Waals surface area (Å²) in [4.78, 5) is 40.4. The first kappa shape index (κ1) is 32.9. The molecule has 0 amide bonds. The van der Waals surface area contributed by atoms with Crippen LogP contribution in [0, 0.1) is 5.92 Å². The van der Waals surface area contributed by atoms with Crippen LogP contribution in [0.25, 0.3) is 0 Å². The number of ether oxygens (including phenoxy) is 3. The Kier molecular flexibility index (Phi) is 11.7. The first-order valence-corrected chi connectivity index (χ1v) is 14.2. The number of hydrogen-bond donors (Lipinski definition) is 3. The lowest BCUT2D eigenvalue weighted by atomic mass is 10.1. The van der Waals surface area contributed by atoms with Crippen LogP contribution in [-0.4, -0.2) is 76.6 Å². The number of esters is 2. The molecule has 39 heavy (non-hydrogen) atoms. The smallest absolute Gasteiger partial charge is 0.350 e. The van der Waals surface area contributed by atoms with Crippen molar-refractivity contribution in [2.75, 3.05) is 19.8 Å². The molecule has 13 nitrogen and oxygen atoms in total. The summed E-state index contributed by atoms with van der Waals surface area (Å²) in [5.41, 5.74) is -0.579. The summed E-state index contributed by atoms with van der Waals surface area (Å²) < 4.78 is 64.5. The molecule has 0 aromatic carbocycles. The zero-order valence-electron chi connectivity index (χ0n) is 22.8. The number of aromatic nitrogens is 2. The topological polar surface area (TPSA) is 167 Å². The molecule has 0 spiro atoms. The molecule has 1 aromatic rings. The second kappa shape index (κ2) is 13.9. The number of rotatable bonds is 14. The molecule has 0 unspecified atom stereocenters. The summed E-state index contributed by atoms with van der Waals surface area (Å²) in [6.07, 6.45) is -4.85. The molecule has 222 valence electrons. The van der Waals surface area contributed by atoms with E-state index in [4.69, 9.17) is 18.7 Å². The van der Waals surface area contributed by atoms with Crippen molar-refractivity contribution >= 4 is 19.6 Å². The van der Waals surface area contributed by atoms with Gasteiger partial charge in [-0.2, -0.15) is 13.8 Å². The molecule has 1 fully saturated rings. The van der Waals surface area contributed by atoms with E-state index in [0.717, 1.165) is 6.20 Å². The van der Waals surface area contributed by atoms with E-state index in [0.29, 0.717) is 16.7 Å². The lowest BCUT2D eigenvalue weighted by Crippen LogP contribution is -2.44. The zero-order chi connectivity index (χ0) is 29.5. The van der Waals surface area contributed by atoms with Gasteiger partial charge in [0.15, 0.2) is 6.10 Å². The Morgan fingerprint density at radius 2 is 1.69 bits per heavy atom. The predicted octanol–water partition coefficient (Wildman–Crippen LogP) is 1.54. The third-order valence-corrected chi connectivity index (χ3v) is 7.53. The van der Waals surface area contributed by atoms with Crippen molar-refractivity contribution in [2.24, 2.45) is 5.92 Å². The van der Waals surface area contributed by atoms with Gasteiger partial charge in [-0.15, -0.1) is 0 Å². The van der Waals surface area contributed by atoms with Gasteiger partial charge >= 0.3 is 31.2 Å². The van der Waals surface area contributed by atoms with Gasteiger partial charge in [0.05, 0.1) is 19.8 Å². The summed E-state index contributed by atoms with van der Waals surface area (Å²) in [5, 5.41) is 15.1. The molecule has 16 heteroatoms. The number of hydrogen-bond acceptors (Lipinski definition) is 10. The Morgan fingerprint density at radius 1 is 1.15 bits per heavy atom. The number of halogens is 2. The minimum Gasteiger partial charge on any atom is -0.465 e. The highest BCUT2D eigenvalue weighted by Crippen LogP contribution is 2.45. The summed E-state index contributed by atoms with van der Waals surface area (Å²) in [5.74, 6) is -5.34. The lowest BCUT2D eigenvalue weighted by molar-refractivity contribution is -0.145. The largest absolute Gasteiger partial charge is 0.465 e. The molecule has 2 rings (SSSR count). The number of nitrogens with one attached hydrogen (secondary N) is 2. The molecular formula is C23H37F2N4O9P. The molecular weight excluding hydrogens is 545 g/mol. The molecule has 1 saturated heterocycles. The van der Waals surface area contributed by atoms with E-state index in [-0.39, 0.29) is 19.1 Å². The van der Waals surface area contributed by atoms with Crippen molar-refractivity contribution in [1.29, 1.82) is 0 Å². The maximum atomic E-state index is 15.0. The van der Waals surface area contributed by atoms with Crippen LogP contribution in [0.1, 0.15) is 53.5 Å². The van der Waals surface area contributed by atoms with Crippen molar-refractivity contribution in [3.63, 3.8) is 0 Å². The second-order valence-corrected chi connectivity index (χ2v) is 11.3. The molecule has 1 aromatic heterocycles. The minimum absolute atomic E-state index is 0.0356. The van der Waals surface area contributed by atoms with E-state index in [9.17, 15) is 24.1 Å². The number of carbonyl (C=O) groups is 2. The fraction of sp³-hybridized carbons (Fsp3) is 0.739. The monoisotopic (exact) mass is 582 g/mol. The van der Waals surface area contributed by atoms with Crippen LogP contribution in [0.15, 0.2) is 17.1 Å². The van der Waals surface area contributed by atoms with Gasteiger partial charge < -0.3 is 23.8 Å². The van der Waals surface area contributed by atoms with E-state index in [1.165, 1.54) is 19.9 Å². The minimum atomic E-state index is -4.35. The van der Waals surface area contributed by atoms with Crippen molar-refractivity contribution in [3.05, 3.63) is 28.4 Å². The first-order valence-electron chi connectivity index (χ1n) is 12.6. The molecule has 1 aliphatic heterocycles. The molecule has 3 N–H and O–H groups in total. The number of aliphatic hydroxyl groups excluding tert-OH is 1. The van der Waals surface area contributed by atoms with Gasteiger partial charge in [-0.25, -0.2) is 15.0 Å². The zero-order valence-corrected chi connectivity index (χ0v) is 23.7. The van der Waals surface area contributed by atoms with Crippen LogP contribution in [0.2, 0.25) is 0 Å². The third kappa shape index (κ3) is 8.60. The van der Waals surface area contributed by atoms with Crippen molar-refractivity contribution in [3.8, 4) is 0 Å². The van der Waals surface area contributed by atoms with Gasteiger partial charge in [0.2, 0.25) is 6.23 Å². The quantitative estimate of drug-likeness (QED) is 0.214. The van der Waals surface area contributed by atoms with Crippen LogP contribution in [0.3, 0.4) is 0 Å². The number of aliphatic hydroxyl groups is 1. The fourth-order valence-corrected chi connectivity index (χ4v) is 5.52. The molecule has 0 bridgehead atoms. The van der Waals surface area contributed by atoms with Crippen LogP contribution < -0.4 is 15.9 Å². The summed E-state index contributed by atoms with van der Waals surface area (Å²) >= 11 is 0. The molecule has 0 saturated carbocycles. The average molecular weight is 583 g/mol. The fourth-order valence-electron chi connectivity index (χ4n) is 3.70. The highest BCUT2D eigenvalue weighted by Gasteiger charge is 2.60. The SMILES string of the molecule is CCOC(=O)[C@H](C)NP(=O)(N[C@@H](C)C(=O)OCC)OC[C@H]1O[C@@H](n2ccc(CC(C)C)nc2=O)C(F)(F)[C@@H]1O. The Hall–Kier alpha value is -2.29. The average Bonchev–Trinajstić information content (AvgIpc) is 3.06.